The van der Waals surface area contributed by atoms with E-state index in [0.717, 1.165) is 18.4 Å². The van der Waals surface area contributed by atoms with E-state index < -0.39 is 0 Å². The lowest BCUT2D eigenvalue weighted by Crippen LogP contribution is -2.07. The first-order valence-electron chi connectivity index (χ1n) is 4.54. The summed E-state index contributed by atoms with van der Waals surface area (Å²) in [6.07, 6.45) is 6.14. The quantitative estimate of drug-likeness (QED) is 0.741. The molecule has 0 saturated heterocycles. The largest absolute Gasteiger partial charge is 0.326 e. The zero-order valence-electron chi connectivity index (χ0n) is 7.83. The Hall–Kier alpha value is -0.830. The van der Waals surface area contributed by atoms with E-state index in [1.54, 1.807) is 0 Å². The van der Waals surface area contributed by atoms with Crippen LogP contribution in [0.5, 0.6) is 0 Å². The standard InChI is InChI=1S/C9H17N3/c1-3-9(4-2)12-7-8(5-10)6-11-12/h6-7,9H,3-5,10H2,1-2H3. The fraction of sp³-hybridized carbons (Fsp3) is 0.667. The molecule has 1 aromatic heterocycles. The van der Waals surface area contributed by atoms with Gasteiger partial charge in [-0.05, 0) is 12.8 Å². The predicted octanol–water partition coefficient (Wildman–Crippen LogP) is 1.70. The number of nitrogens with zero attached hydrogens (tertiary/aromatic N) is 2. The lowest BCUT2D eigenvalue weighted by Gasteiger charge is -2.11. The van der Waals surface area contributed by atoms with Gasteiger partial charge < -0.3 is 5.73 Å². The Bertz CT molecular complexity index is 225. The van der Waals surface area contributed by atoms with E-state index in [0.29, 0.717) is 12.6 Å². The van der Waals surface area contributed by atoms with E-state index in [4.69, 9.17) is 5.73 Å². The van der Waals surface area contributed by atoms with E-state index in [1.807, 2.05) is 17.1 Å². The summed E-state index contributed by atoms with van der Waals surface area (Å²) >= 11 is 0. The lowest BCUT2D eigenvalue weighted by atomic mass is 10.2. The molecule has 1 rings (SSSR count). The third-order valence-electron chi connectivity index (χ3n) is 2.21. The smallest absolute Gasteiger partial charge is 0.0534 e. The average molecular weight is 167 g/mol. The molecule has 0 aliphatic rings. The maximum Gasteiger partial charge on any atom is 0.0534 e. The molecule has 1 aromatic rings. The fourth-order valence-corrected chi connectivity index (χ4v) is 1.35. The van der Waals surface area contributed by atoms with Crippen molar-refractivity contribution in [1.82, 2.24) is 9.78 Å². The van der Waals surface area contributed by atoms with E-state index in [-0.39, 0.29) is 0 Å². The van der Waals surface area contributed by atoms with E-state index in [9.17, 15) is 0 Å². The summed E-state index contributed by atoms with van der Waals surface area (Å²) in [5.41, 5.74) is 6.61. The summed E-state index contributed by atoms with van der Waals surface area (Å²) in [7, 11) is 0. The molecule has 0 spiro atoms. The second-order valence-corrected chi connectivity index (χ2v) is 3.00. The molecule has 0 atom stereocenters. The first-order chi connectivity index (χ1) is 5.81. The zero-order valence-corrected chi connectivity index (χ0v) is 7.83. The minimum absolute atomic E-state index is 0.533. The summed E-state index contributed by atoms with van der Waals surface area (Å²) in [6.45, 7) is 4.94. The van der Waals surface area contributed by atoms with Gasteiger partial charge in [-0.3, -0.25) is 4.68 Å². The lowest BCUT2D eigenvalue weighted by molar-refractivity contribution is 0.428. The van der Waals surface area contributed by atoms with Gasteiger partial charge in [0.1, 0.15) is 0 Å². The number of hydrogen-bond donors (Lipinski definition) is 1. The van der Waals surface area contributed by atoms with E-state index in [2.05, 4.69) is 18.9 Å². The maximum absolute atomic E-state index is 5.49. The number of aromatic nitrogens is 2. The Morgan fingerprint density at radius 2 is 2.17 bits per heavy atom. The highest BCUT2D eigenvalue weighted by Crippen LogP contribution is 2.14. The molecule has 0 unspecified atom stereocenters. The van der Waals surface area contributed by atoms with Gasteiger partial charge in [0.15, 0.2) is 0 Å². The minimum atomic E-state index is 0.533. The molecular weight excluding hydrogens is 150 g/mol. The second kappa shape index (κ2) is 4.26. The van der Waals surface area contributed by atoms with Gasteiger partial charge in [0, 0.05) is 18.3 Å². The minimum Gasteiger partial charge on any atom is -0.326 e. The highest BCUT2D eigenvalue weighted by molar-refractivity contribution is 5.03. The average Bonchev–Trinajstić information content (AvgIpc) is 2.55. The zero-order chi connectivity index (χ0) is 8.97. The van der Waals surface area contributed by atoms with Crippen molar-refractivity contribution < 1.29 is 0 Å². The molecule has 3 nitrogen and oxygen atoms in total. The Morgan fingerprint density at radius 3 is 2.58 bits per heavy atom. The summed E-state index contributed by atoms with van der Waals surface area (Å²) in [4.78, 5) is 0. The molecule has 12 heavy (non-hydrogen) atoms. The van der Waals surface area contributed by atoms with Crippen molar-refractivity contribution in [2.75, 3.05) is 0 Å². The highest BCUT2D eigenvalue weighted by atomic mass is 15.3. The molecule has 0 aliphatic carbocycles. The van der Waals surface area contributed by atoms with Crippen LogP contribution in [-0.2, 0) is 6.54 Å². The van der Waals surface area contributed by atoms with Crippen LogP contribution in [0, 0.1) is 0 Å². The number of hydrogen-bond acceptors (Lipinski definition) is 2. The van der Waals surface area contributed by atoms with Crippen molar-refractivity contribution in [3.8, 4) is 0 Å². The topological polar surface area (TPSA) is 43.8 Å². The first kappa shape index (κ1) is 9.26. The summed E-state index contributed by atoms with van der Waals surface area (Å²) in [6, 6.07) is 0.533. The van der Waals surface area contributed by atoms with Gasteiger partial charge in [-0.25, -0.2) is 0 Å². The van der Waals surface area contributed by atoms with Gasteiger partial charge in [0.2, 0.25) is 0 Å². The Balaban J connectivity index is 2.72. The number of nitrogens with two attached hydrogens (primary N) is 1. The molecule has 0 fully saturated rings. The van der Waals surface area contributed by atoms with Crippen LogP contribution < -0.4 is 5.73 Å². The Morgan fingerprint density at radius 1 is 1.50 bits per heavy atom. The molecule has 2 N–H and O–H groups in total. The summed E-state index contributed by atoms with van der Waals surface area (Å²) in [5.74, 6) is 0. The van der Waals surface area contributed by atoms with E-state index >= 15 is 0 Å². The normalized spacial score (nSPS) is 11.0. The summed E-state index contributed by atoms with van der Waals surface area (Å²) < 4.78 is 2.02. The molecule has 68 valence electrons. The van der Waals surface area contributed by atoms with Crippen molar-refractivity contribution in [3.05, 3.63) is 18.0 Å². The van der Waals surface area contributed by atoms with Crippen molar-refractivity contribution in [3.63, 3.8) is 0 Å². The van der Waals surface area contributed by atoms with Gasteiger partial charge in [-0.1, -0.05) is 13.8 Å². The molecule has 3 heteroatoms. The van der Waals surface area contributed by atoms with Crippen LogP contribution in [0.15, 0.2) is 12.4 Å². The van der Waals surface area contributed by atoms with Gasteiger partial charge in [-0.15, -0.1) is 0 Å². The van der Waals surface area contributed by atoms with Crippen molar-refractivity contribution in [1.29, 1.82) is 0 Å². The van der Waals surface area contributed by atoms with Crippen LogP contribution in [-0.4, -0.2) is 9.78 Å². The Kier molecular flexibility index (Phi) is 3.29. The van der Waals surface area contributed by atoms with Crippen LogP contribution in [0.4, 0.5) is 0 Å². The third kappa shape index (κ3) is 1.85. The molecule has 0 aliphatic heterocycles. The predicted molar refractivity (Wildman–Crippen MR) is 49.7 cm³/mol. The van der Waals surface area contributed by atoms with Crippen LogP contribution in [0.1, 0.15) is 38.3 Å². The summed E-state index contributed by atoms with van der Waals surface area (Å²) in [5, 5.41) is 4.27. The van der Waals surface area contributed by atoms with E-state index in [1.165, 1.54) is 0 Å². The number of rotatable bonds is 4. The van der Waals surface area contributed by atoms with Crippen LogP contribution in [0.25, 0.3) is 0 Å². The molecule has 0 amide bonds. The maximum atomic E-state index is 5.49. The van der Waals surface area contributed by atoms with Gasteiger partial charge in [0.05, 0.1) is 12.2 Å². The van der Waals surface area contributed by atoms with Gasteiger partial charge in [0.25, 0.3) is 0 Å². The molecular formula is C9H17N3. The van der Waals surface area contributed by atoms with Crippen molar-refractivity contribution >= 4 is 0 Å². The second-order valence-electron chi connectivity index (χ2n) is 3.00. The third-order valence-corrected chi connectivity index (χ3v) is 2.21. The molecule has 0 bridgehead atoms. The SMILES string of the molecule is CCC(CC)n1cc(CN)cn1. The Labute approximate surface area is 73.6 Å². The molecule has 0 radical (unpaired) electrons. The van der Waals surface area contributed by atoms with Gasteiger partial charge in [-0.2, -0.15) is 5.10 Å². The molecule has 0 aromatic carbocycles. The monoisotopic (exact) mass is 167 g/mol. The first-order valence-corrected chi connectivity index (χ1v) is 4.54. The van der Waals surface area contributed by atoms with Crippen LogP contribution in [0.3, 0.4) is 0 Å². The van der Waals surface area contributed by atoms with Gasteiger partial charge >= 0.3 is 0 Å². The molecule has 1 heterocycles. The molecule has 0 saturated carbocycles. The van der Waals surface area contributed by atoms with Crippen LogP contribution >= 0.6 is 0 Å². The highest BCUT2D eigenvalue weighted by Gasteiger charge is 2.06. The van der Waals surface area contributed by atoms with Crippen molar-refractivity contribution in [2.45, 2.75) is 39.3 Å². The fourth-order valence-electron chi connectivity index (χ4n) is 1.35. The van der Waals surface area contributed by atoms with Crippen molar-refractivity contribution in [2.24, 2.45) is 5.73 Å². The van der Waals surface area contributed by atoms with Crippen LogP contribution in [0.2, 0.25) is 0 Å².